The molecule has 7 aliphatic rings. The third kappa shape index (κ3) is 6.02. The number of allylic oxidation sites excluding steroid dienone is 4. The van der Waals surface area contributed by atoms with E-state index < -0.39 is 21.3 Å². The topological polar surface area (TPSA) is 0 Å². The van der Waals surface area contributed by atoms with Crippen LogP contribution in [0.25, 0.3) is 11.1 Å². The molecule has 0 radical (unpaired) electrons. The van der Waals surface area contributed by atoms with Gasteiger partial charge in [-0.2, -0.15) is 0 Å². The smallest absolute Gasteiger partial charge is 1.00 e. The normalized spacial score (nSPS) is 29.2. The Morgan fingerprint density at radius 2 is 1.30 bits per heavy atom. The standard InChI is InChI=1S/C21H25.C16H21.C6H10.2ClH.Zr/c1-20(2,3)16-9-7-14-11-15-8-10-17(21(4,5)6)13-19(15)18(14)12-16;1-11-2-3-15(4-11)16-8-12-5-13(9-16)7-14(6-12)10-16;1-2-4-6-5-3-1;;;/h7,9-10,12-13H,11H2,1-6H3;3-4,11-14H,5-10H2,1H3;1-5H2;2*1H;/q;;;;;+2/p-2. The number of hydrogen-bond acceptors (Lipinski definition) is 0. The van der Waals surface area contributed by atoms with E-state index in [-0.39, 0.29) is 35.6 Å². The molecule has 5 fully saturated rings. The Kier molecular flexibility index (Phi) is 9.57. The van der Waals surface area contributed by atoms with E-state index in [2.05, 4.69) is 91.0 Å². The van der Waals surface area contributed by atoms with Gasteiger partial charge in [0.15, 0.2) is 0 Å². The molecule has 2 aromatic rings. The minimum atomic E-state index is -2.34. The number of halogens is 2. The average molecular weight is 735 g/mol. The Morgan fingerprint density at radius 1 is 0.717 bits per heavy atom. The van der Waals surface area contributed by atoms with Crippen molar-refractivity contribution in [3.05, 3.63) is 73.6 Å². The SMILES string of the molecule is CC1C=C(C23CC4CC(CC(C4)C2)C3)C=[C]1[Zr+2](=[C]1CCCCC1)[c]1cc(C(C)(C)C)cc2c1Cc1ccc(C(C)(C)C)cc1-2.[Cl-].[Cl-]. The van der Waals surface area contributed by atoms with E-state index in [1.54, 1.807) is 41.5 Å². The van der Waals surface area contributed by atoms with Crippen LogP contribution in [0.3, 0.4) is 0 Å². The molecule has 0 saturated heterocycles. The number of fused-ring (bicyclic) bond motifs is 3. The van der Waals surface area contributed by atoms with Gasteiger partial charge in [-0.15, -0.1) is 0 Å². The molecule has 9 rings (SSSR count). The Bertz CT molecular complexity index is 1580. The maximum Gasteiger partial charge on any atom is -1.00 e. The van der Waals surface area contributed by atoms with Crippen molar-refractivity contribution in [1.29, 1.82) is 0 Å². The van der Waals surface area contributed by atoms with Crippen LogP contribution in [-0.2, 0) is 38.5 Å². The first-order chi connectivity index (χ1) is 20.9. The molecule has 0 heterocycles. The third-order valence-corrected chi connectivity index (χ3v) is 21.3. The van der Waals surface area contributed by atoms with Crippen molar-refractivity contribution < 1.29 is 46.1 Å². The molecule has 1 atom stereocenters. The molecule has 2 aromatic carbocycles. The van der Waals surface area contributed by atoms with Crippen molar-refractivity contribution in [2.75, 3.05) is 0 Å². The van der Waals surface area contributed by atoms with E-state index in [9.17, 15) is 0 Å². The van der Waals surface area contributed by atoms with Gasteiger partial charge in [0.25, 0.3) is 0 Å². The van der Waals surface area contributed by atoms with E-state index in [1.807, 2.05) is 15.3 Å². The Hall–Kier alpha value is -0.747. The maximum absolute atomic E-state index is 2.91. The maximum atomic E-state index is 2.91. The molecule has 4 bridgehead atoms. The van der Waals surface area contributed by atoms with Gasteiger partial charge in [0.05, 0.1) is 0 Å². The van der Waals surface area contributed by atoms with Crippen molar-refractivity contribution in [3.8, 4) is 11.1 Å². The molecule has 0 aliphatic heterocycles. The van der Waals surface area contributed by atoms with Gasteiger partial charge < -0.3 is 24.8 Å². The van der Waals surface area contributed by atoms with E-state index in [0.29, 0.717) is 11.3 Å². The molecular weight excluding hydrogens is 679 g/mol. The van der Waals surface area contributed by atoms with Gasteiger partial charge in [0.1, 0.15) is 0 Å². The minimum Gasteiger partial charge on any atom is -1.00 e. The summed E-state index contributed by atoms with van der Waals surface area (Å²) in [7, 11) is 0. The average Bonchev–Trinajstić information content (AvgIpc) is 3.53. The summed E-state index contributed by atoms with van der Waals surface area (Å²) < 4.78 is 5.84. The van der Waals surface area contributed by atoms with Crippen LogP contribution in [0.2, 0.25) is 0 Å². The molecule has 0 spiro atoms. The summed E-state index contributed by atoms with van der Waals surface area (Å²) in [6.45, 7) is 17.0. The van der Waals surface area contributed by atoms with Crippen LogP contribution in [-0.4, -0.2) is 3.21 Å². The summed E-state index contributed by atoms with van der Waals surface area (Å²) in [5, 5.41) is 0. The third-order valence-electron chi connectivity index (χ3n) is 13.0. The van der Waals surface area contributed by atoms with Gasteiger partial charge in [-0.05, 0) is 0 Å². The predicted molar refractivity (Wildman–Crippen MR) is 186 cm³/mol. The van der Waals surface area contributed by atoms with Crippen LogP contribution in [0.1, 0.15) is 141 Å². The molecule has 0 aromatic heterocycles. The first kappa shape index (κ1) is 35.1. The van der Waals surface area contributed by atoms with Crippen LogP contribution < -0.4 is 28.1 Å². The summed E-state index contributed by atoms with van der Waals surface area (Å²) in [6, 6.07) is 12.9. The van der Waals surface area contributed by atoms with E-state index in [4.69, 9.17) is 0 Å². The van der Waals surface area contributed by atoms with Gasteiger partial charge in [0.2, 0.25) is 0 Å². The summed E-state index contributed by atoms with van der Waals surface area (Å²) >= 11 is -2.34. The van der Waals surface area contributed by atoms with Crippen LogP contribution in [0, 0.1) is 29.1 Å². The molecule has 0 nitrogen and oxygen atoms in total. The molecule has 5 saturated carbocycles. The fourth-order valence-corrected chi connectivity index (χ4v) is 19.9. The van der Waals surface area contributed by atoms with Gasteiger partial charge in [-0.25, -0.2) is 0 Å². The quantitative estimate of drug-likeness (QED) is 0.359. The van der Waals surface area contributed by atoms with Gasteiger partial charge >= 0.3 is 278 Å². The van der Waals surface area contributed by atoms with Crippen molar-refractivity contribution in [3.63, 3.8) is 0 Å². The van der Waals surface area contributed by atoms with Crippen LogP contribution >= 0.6 is 0 Å². The first-order valence-electron chi connectivity index (χ1n) is 18.4. The molecule has 1 unspecified atom stereocenters. The zero-order valence-electron chi connectivity index (χ0n) is 29.6. The molecular formula is C43H56Cl2Zr. The molecule has 246 valence electrons. The second-order valence-electron chi connectivity index (χ2n) is 18.3. The van der Waals surface area contributed by atoms with Gasteiger partial charge in [-0.1, -0.05) is 0 Å². The zero-order chi connectivity index (χ0) is 30.6. The Balaban J connectivity index is 0.00000186. The zero-order valence-corrected chi connectivity index (χ0v) is 33.6. The van der Waals surface area contributed by atoms with E-state index >= 15 is 0 Å². The van der Waals surface area contributed by atoms with Crippen LogP contribution in [0.5, 0.6) is 0 Å². The fourth-order valence-electron chi connectivity index (χ4n) is 11.0. The summed E-state index contributed by atoms with van der Waals surface area (Å²) in [5.74, 6) is 3.68. The van der Waals surface area contributed by atoms with Gasteiger partial charge in [-0.3, -0.25) is 0 Å². The second-order valence-corrected chi connectivity index (χ2v) is 24.7. The first-order valence-corrected chi connectivity index (χ1v) is 22.0. The molecule has 0 amide bonds. The van der Waals surface area contributed by atoms with Gasteiger partial charge in [0, 0.05) is 0 Å². The molecule has 7 aliphatic carbocycles. The molecule has 3 heteroatoms. The van der Waals surface area contributed by atoms with Crippen LogP contribution in [0.15, 0.2) is 51.3 Å². The predicted octanol–water partition coefficient (Wildman–Crippen LogP) is 4.92. The minimum absolute atomic E-state index is 0. The second kappa shape index (κ2) is 12.5. The molecule has 46 heavy (non-hydrogen) atoms. The fraction of sp³-hybridized carbons (Fsp3) is 0.605. The monoisotopic (exact) mass is 732 g/mol. The summed E-state index contributed by atoms with van der Waals surface area (Å²) in [5.41, 5.74) is 12.1. The van der Waals surface area contributed by atoms with Crippen molar-refractivity contribution >= 4 is 6.48 Å². The largest absolute Gasteiger partial charge is 1.00 e. The Labute approximate surface area is 300 Å². The van der Waals surface area contributed by atoms with E-state index in [1.165, 1.54) is 62.5 Å². The molecule has 0 N–H and O–H groups in total. The van der Waals surface area contributed by atoms with Crippen LogP contribution in [0.4, 0.5) is 0 Å². The van der Waals surface area contributed by atoms with Crippen molar-refractivity contribution in [1.82, 2.24) is 0 Å². The Morgan fingerprint density at radius 3 is 1.89 bits per heavy atom. The van der Waals surface area contributed by atoms with E-state index in [0.717, 1.165) is 24.2 Å². The number of hydrogen-bond donors (Lipinski definition) is 0. The summed E-state index contributed by atoms with van der Waals surface area (Å²) in [4.78, 5) is 0. The summed E-state index contributed by atoms with van der Waals surface area (Å²) in [6.07, 6.45) is 23.1. The van der Waals surface area contributed by atoms with Crippen molar-refractivity contribution in [2.24, 2.45) is 29.1 Å². The number of benzene rings is 2. The van der Waals surface area contributed by atoms with Crippen molar-refractivity contribution in [2.45, 2.75) is 136 Å². The number of rotatable bonds is 3.